The lowest BCUT2D eigenvalue weighted by Gasteiger charge is -2.33. The third kappa shape index (κ3) is 2.19. The van der Waals surface area contributed by atoms with Gasteiger partial charge in [0, 0.05) is 0 Å². The van der Waals surface area contributed by atoms with Gasteiger partial charge in [0.25, 0.3) is 0 Å². The summed E-state index contributed by atoms with van der Waals surface area (Å²) >= 11 is 0. The molecule has 1 rings (SSSR count). The minimum atomic E-state index is -0.179. The maximum absolute atomic E-state index is 5.30. The summed E-state index contributed by atoms with van der Waals surface area (Å²) in [5.41, 5.74) is -0.179. The van der Waals surface area contributed by atoms with Crippen LogP contribution in [0.5, 0.6) is 0 Å². The molecule has 0 saturated carbocycles. The molecule has 2 heteroatoms. The van der Waals surface area contributed by atoms with Gasteiger partial charge in [-0.05, 0) is 25.7 Å². The molecule has 0 N–H and O–H groups in total. The predicted octanol–water partition coefficient (Wildman–Crippen LogP) is 2.62. The van der Waals surface area contributed by atoms with E-state index in [9.17, 15) is 0 Å². The van der Waals surface area contributed by atoms with Crippen LogP contribution in [0.2, 0.25) is 0 Å². The Bertz CT molecular complexity index is 145. The van der Waals surface area contributed by atoms with Crippen molar-refractivity contribution in [3.8, 4) is 0 Å². The molecule has 0 amide bonds. The van der Waals surface area contributed by atoms with Crippen LogP contribution in [0.1, 0.15) is 25.7 Å². The minimum Gasteiger partial charge on any atom is -0.236 e. The second-order valence-corrected chi connectivity index (χ2v) is 3.18. The molecule has 1 heterocycles. The van der Waals surface area contributed by atoms with Gasteiger partial charge in [0.05, 0.1) is 6.61 Å². The van der Waals surface area contributed by atoms with Crippen molar-refractivity contribution in [3.63, 3.8) is 0 Å². The Balaban J connectivity index is 2.55. The SMILES string of the molecule is C=CCC1(CC=C)CCCOO1. The molecule has 0 aromatic heterocycles. The quantitative estimate of drug-likeness (QED) is 0.474. The first-order valence-electron chi connectivity index (χ1n) is 4.35. The van der Waals surface area contributed by atoms with Crippen LogP contribution in [0.3, 0.4) is 0 Å². The topological polar surface area (TPSA) is 18.5 Å². The van der Waals surface area contributed by atoms with Crippen LogP contribution in [0.15, 0.2) is 25.3 Å². The first kappa shape index (κ1) is 9.49. The largest absolute Gasteiger partial charge is 0.236 e. The monoisotopic (exact) mass is 168 g/mol. The summed E-state index contributed by atoms with van der Waals surface area (Å²) in [7, 11) is 0. The van der Waals surface area contributed by atoms with Crippen molar-refractivity contribution in [2.45, 2.75) is 31.3 Å². The molecule has 68 valence electrons. The van der Waals surface area contributed by atoms with Crippen LogP contribution in [-0.4, -0.2) is 12.2 Å². The van der Waals surface area contributed by atoms with Crippen LogP contribution in [0.4, 0.5) is 0 Å². The van der Waals surface area contributed by atoms with Crippen molar-refractivity contribution in [2.24, 2.45) is 0 Å². The molecule has 1 aliphatic heterocycles. The smallest absolute Gasteiger partial charge is 0.110 e. The van der Waals surface area contributed by atoms with Gasteiger partial charge < -0.3 is 0 Å². The molecule has 0 aliphatic carbocycles. The van der Waals surface area contributed by atoms with Crippen LogP contribution in [0.25, 0.3) is 0 Å². The fourth-order valence-corrected chi connectivity index (χ4v) is 1.54. The van der Waals surface area contributed by atoms with Crippen molar-refractivity contribution in [1.82, 2.24) is 0 Å². The molecule has 2 nitrogen and oxygen atoms in total. The molecule has 0 unspecified atom stereocenters. The molecular weight excluding hydrogens is 152 g/mol. The Labute approximate surface area is 73.8 Å². The fraction of sp³-hybridized carbons (Fsp3) is 0.600. The fourth-order valence-electron chi connectivity index (χ4n) is 1.54. The maximum atomic E-state index is 5.30. The molecule has 0 aromatic carbocycles. The average molecular weight is 168 g/mol. The average Bonchev–Trinajstić information content (AvgIpc) is 2.07. The van der Waals surface area contributed by atoms with Gasteiger partial charge in [0.15, 0.2) is 0 Å². The third-order valence-corrected chi connectivity index (χ3v) is 2.13. The van der Waals surface area contributed by atoms with E-state index in [1.807, 2.05) is 12.2 Å². The van der Waals surface area contributed by atoms with E-state index in [4.69, 9.17) is 9.78 Å². The molecule has 0 radical (unpaired) electrons. The summed E-state index contributed by atoms with van der Waals surface area (Å²) in [6, 6.07) is 0. The van der Waals surface area contributed by atoms with Crippen molar-refractivity contribution in [3.05, 3.63) is 25.3 Å². The highest BCUT2D eigenvalue weighted by Gasteiger charge is 2.32. The Hall–Kier alpha value is -0.600. The van der Waals surface area contributed by atoms with Gasteiger partial charge in [-0.3, -0.25) is 0 Å². The molecule has 1 fully saturated rings. The van der Waals surface area contributed by atoms with Gasteiger partial charge in [-0.2, -0.15) is 0 Å². The zero-order valence-corrected chi connectivity index (χ0v) is 7.42. The van der Waals surface area contributed by atoms with E-state index in [2.05, 4.69) is 13.2 Å². The lowest BCUT2D eigenvalue weighted by molar-refractivity contribution is -0.382. The van der Waals surface area contributed by atoms with Gasteiger partial charge in [-0.25, -0.2) is 9.78 Å². The number of hydrogen-bond donors (Lipinski definition) is 0. The minimum absolute atomic E-state index is 0.179. The van der Waals surface area contributed by atoms with E-state index in [1.165, 1.54) is 0 Å². The van der Waals surface area contributed by atoms with Gasteiger partial charge in [0.1, 0.15) is 5.60 Å². The van der Waals surface area contributed by atoms with Gasteiger partial charge >= 0.3 is 0 Å². The van der Waals surface area contributed by atoms with E-state index in [1.54, 1.807) is 0 Å². The maximum Gasteiger partial charge on any atom is 0.110 e. The van der Waals surface area contributed by atoms with E-state index in [0.717, 1.165) is 25.7 Å². The first-order chi connectivity index (χ1) is 5.83. The standard InChI is InChI=1S/C10H16O2/c1-3-6-10(7-4-2)8-5-9-11-12-10/h3-4H,1-2,5-9H2. The number of hydrogen-bond acceptors (Lipinski definition) is 2. The van der Waals surface area contributed by atoms with Gasteiger partial charge in [0.2, 0.25) is 0 Å². The Kier molecular flexibility index (Phi) is 3.50. The van der Waals surface area contributed by atoms with Crippen LogP contribution < -0.4 is 0 Å². The van der Waals surface area contributed by atoms with Crippen molar-refractivity contribution < 1.29 is 9.78 Å². The summed E-state index contributed by atoms with van der Waals surface area (Å²) in [6.45, 7) is 8.13. The molecule has 0 bridgehead atoms. The highest BCUT2D eigenvalue weighted by Crippen LogP contribution is 2.31. The van der Waals surface area contributed by atoms with Crippen molar-refractivity contribution in [2.75, 3.05) is 6.61 Å². The summed E-state index contributed by atoms with van der Waals surface area (Å²) < 4.78 is 0. The van der Waals surface area contributed by atoms with Crippen LogP contribution >= 0.6 is 0 Å². The normalized spacial score (nSPS) is 21.7. The van der Waals surface area contributed by atoms with E-state index >= 15 is 0 Å². The van der Waals surface area contributed by atoms with Gasteiger partial charge in [-0.15, -0.1) is 13.2 Å². The molecule has 1 aliphatic rings. The molecule has 1 saturated heterocycles. The zero-order chi connectivity index (χ0) is 8.86. The van der Waals surface area contributed by atoms with Crippen LogP contribution in [-0.2, 0) is 9.78 Å². The van der Waals surface area contributed by atoms with Crippen molar-refractivity contribution >= 4 is 0 Å². The second-order valence-electron chi connectivity index (χ2n) is 3.18. The van der Waals surface area contributed by atoms with E-state index in [0.29, 0.717) is 6.61 Å². The lowest BCUT2D eigenvalue weighted by Crippen LogP contribution is -2.35. The van der Waals surface area contributed by atoms with Gasteiger partial charge in [-0.1, -0.05) is 12.2 Å². The number of rotatable bonds is 4. The Morgan fingerprint density at radius 1 is 1.25 bits per heavy atom. The zero-order valence-electron chi connectivity index (χ0n) is 7.42. The highest BCUT2D eigenvalue weighted by molar-refractivity contribution is 4.93. The Morgan fingerprint density at radius 3 is 2.33 bits per heavy atom. The summed E-state index contributed by atoms with van der Waals surface area (Å²) in [5.74, 6) is 0. The molecule has 0 spiro atoms. The lowest BCUT2D eigenvalue weighted by atomic mass is 9.90. The predicted molar refractivity (Wildman–Crippen MR) is 48.6 cm³/mol. The molecule has 0 aromatic rings. The first-order valence-corrected chi connectivity index (χ1v) is 4.35. The van der Waals surface area contributed by atoms with E-state index in [-0.39, 0.29) is 5.60 Å². The Morgan fingerprint density at radius 2 is 1.92 bits per heavy atom. The second kappa shape index (κ2) is 4.43. The molecule has 0 atom stereocenters. The third-order valence-electron chi connectivity index (χ3n) is 2.13. The van der Waals surface area contributed by atoms with Crippen LogP contribution in [0, 0.1) is 0 Å². The van der Waals surface area contributed by atoms with Crippen molar-refractivity contribution in [1.29, 1.82) is 0 Å². The molecule has 12 heavy (non-hydrogen) atoms. The van der Waals surface area contributed by atoms with E-state index < -0.39 is 0 Å². The summed E-state index contributed by atoms with van der Waals surface area (Å²) in [6.07, 6.45) is 7.50. The summed E-state index contributed by atoms with van der Waals surface area (Å²) in [4.78, 5) is 10.3. The highest BCUT2D eigenvalue weighted by atomic mass is 17.2. The molecular formula is C10H16O2. The summed E-state index contributed by atoms with van der Waals surface area (Å²) in [5, 5.41) is 0.